The van der Waals surface area contributed by atoms with Gasteiger partial charge in [-0.2, -0.15) is 5.26 Å². The summed E-state index contributed by atoms with van der Waals surface area (Å²) in [4.78, 5) is 13.2. The van der Waals surface area contributed by atoms with Crippen LogP contribution in [0, 0.1) is 11.3 Å². The van der Waals surface area contributed by atoms with Crippen LogP contribution in [-0.2, 0) is 6.42 Å². The van der Waals surface area contributed by atoms with E-state index in [1.807, 2.05) is 48.8 Å². The number of hydrogen-bond donors (Lipinski definition) is 0. The molecule has 0 aliphatic carbocycles. The molecule has 0 saturated heterocycles. The molecule has 0 bridgehead atoms. The van der Waals surface area contributed by atoms with Crippen LogP contribution in [0.4, 0.5) is 0 Å². The van der Waals surface area contributed by atoms with Crippen molar-refractivity contribution >= 4 is 0 Å². The van der Waals surface area contributed by atoms with Crippen LogP contribution in [0.1, 0.15) is 28.2 Å². The molecule has 0 fully saturated rings. The van der Waals surface area contributed by atoms with Crippen LogP contribution >= 0.6 is 0 Å². The molecule has 4 nitrogen and oxygen atoms in total. The second-order valence-electron chi connectivity index (χ2n) is 6.53. The summed E-state index contributed by atoms with van der Waals surface area (Å²) in [7, 11) is 0. The lowest BCUT2D eigenvalue weighted by Gasteiger charge is -2.19. The Morgan fingerprint density at radius 3 is 2.18 bits per heavy atom. The molecule has 0 spiro atoms. The lowest BCUT2D eigenvalue weighted by molar-refractivity contribution is 0.792. The van der Waals surface area contributed by atoms with E-state index in [0.29, 0.717) is 5.56 Å². The number of hydrogen-bond acceptors (Lipinski definition) is 4. The summed E-state index contributed by atoms with van der Waals surface area (Å²) in [6.45, 7) is 0. The molecule has 0 N–H and O–H groups in total. The van der Waals surface area contributed by atoms with Gasteiger partial charge in [0.1, 0.15) is 0 Å². The Balaban J connectivity index is 1.77. The highest BCUT2D eigenvalue weighted by atomic mass is 14.7. The predicted octanol–water partition coefficient (Wildman–Crippen LogP) is 4.78. The van der Waals surface area contributed by atoms with Crippen molar-refractivity contribution in [2.24, 2.45) is 0 Å². The van der Waals surface area contributed by atoms with E-state index >= 15 is 0 Å². The number of pyridine rings is 3. The van der Waals surface area contributed by atoms with Crippen molar-refractivity contribution in [3.05, 3.63) is 114 Å². The molecule has 1 aromatic carbocycles. The first-order valence-electron chi connectivity index (χ1n) is 9.09. The van der Waals surface area contributed by atoms with Crippen molar-refractivity contribution in [2.45, 2.75) is 12.3 Å². The van der Waals surface area contributed by atoms with Gasteiger partial charge in [0.05, 0.1) is 17.3 Å². The van der Waals surface area contributed by atoms with Crippen LogP contribution in [0.2, 0.25) is 0 Å². The van der Waals surface area contributed by atoms with Gasteiger partial charge in [-0.05, 0) is 53.4 Å². The predicted molar refractivity (Wildman–Crippen MR) is 108 cm³/mol. The summed E-state index contributed by atoms with van der Waals surface area (Å²) in [5.41, 5.74) is 5.87. The first-order chi connectivity index (χ1) is 13.8. The fraction of sp³-hybridized carbons (Fsp3) is 0.0833. The van der Waals surface area contributed by atoms with E-state index in [0.717, 1.165) is 34.4 Å². The zero-order valence-corrected chi connectivity index (χ0v) is 15.2. The highest BCUT2D eigenvalue weighted by molar-refractivity contribution is 5.65. The monoisotopic (exact) mass is 362 g/mol. The van der Waals surface area contributed by atoms with Crippen LogP contribution in [0.5, 0.6) is 0 Å². The summed E-state index contributed by atoms with van der Waals surface area (Å²) in [5.74, 6) is 0.115. The maximum Gasteiger partial charge on any atom is 0.0991 e. The van der Waals surface area contributed by atoms with Crippen LogP contribution in [0.15, 0.2) is 91.6 Å². The van der Waals surface area contributed by atoms with E-state index in [2.05, 4.69) is 39.2 Å². The van der Waals surface area contributed by atoms with Gasteiger partial charge >= 0.3 is 0 Å². The van der Waals surface area contributed by atoms with Gasteiger partial charge in [-0.25, -0.2) is 0 Å². The summed E-state index contributed by atoms with van der Waals surface area (Å²) < 4.78 is 0. The minimum atomic E-state index is 0.115. The van der Waals surface area contributed by atoms with E-state index < -0.39 is 0 Å². The fourth-order valence-corrected chi connectivity index (χ4v) is 3.41. The molecule has 4 heteroatoms. The van der Waals surface area contributed by atoms with Crippen molar-refractivity contribution < 1.29 is 0 Å². The lowest BCUT2D eigenvalue weighted by atomic mass is 9.86. The van der Waals surface area contributed by atoms with Gasteiger partial charge < -0.3 is 0 Å². The van der Waals surface area contributed by atoms with Crippen molar-refractivity contribution in [1.29, 1.82) is 5.26 Å². The summed E-state index contributed by atoms with van der Waals surface area (Å²) in [6.07, 6.45) is 9.94. The van der Waals surface area contributed by atoms with Crippen LogP contribution in [-0.4, -0.2) is 15.0 Å². The van der Waals surface area contributed by atoms with Gasteiger partial charge in [-0.3, -0.25) is 15.0 Å². The van der Waals surface area contributed by atoms with E-state index in [1.165, 1.54) is 0 Å². The van der Waals surface area contributed by atoms with Gasteiger partial charge in [0.15, 0.2) is 0 Å². The molecule has 0 saturated carbocycles. The molecule has 28 heavy (non-hydrogen) atoms. The molecule has 3 heterocycles. The number of benzene rings is 1. The summed E-state index contributed by atoms with van der Waals surface area (Å²) >= 11 is 0. The topological polar surface area (TPSA) is 62.5 Å². The molecule has 0 aliphatic heterocycles. The molecule has 0 atom stereocenters. The average Bonchev–Trinajstić information content (AvgIpc) is 2.79. The lowest BCUT2D eigenvalue weighted by Crippen LogP contribution is -2.07. The normalized spacial score (nSPS) is 10.6. The quantitative estimate of drug-likeness (QED) is 0.512. The first-order valence-corrected chi connectivity index (χ1v) is 9.09. The smallest absolute Gasteiger partial charge is 0.0991 e. The van der Waals surface area contributed by atoms with Crippen LogP contribution in [0.3, 0.4) is 0 Å². The van der Waals surface area contributed by atoms with Gasteiger partial charge in [0, 0.05) is 42.5 Å². The van der Waals surface area contributed by atoms with E-state index in [4.69, 9.17) is 0 Å². The minimum Gasteiger partial charge on any atom is -0.264 e. The molecule has 0 aliphatic rings. The molecule has 4 rings (SSSR count). The first kappa shape index (κ1) is 17.6. The standard InChI is InChI=1S/C24H18N4/c25-15-18-5-1-6-19(13-18)24-20(7-4-12-28-24)14-23(21-8-2-10-26-16-21)22-9-3-11-27-17-22/h1-13,16-17,23H,14H2. The zero-order valence-electron chi connectivity index (χ0n) is 15.2. The number of rotatable bonds is 5. The van der Waals surface area contributed by atoms with Crippen molar-refractivity contribution in [1.82, 2.24) is 15.0 Å². The summed E-state index contributed by atoms with van der Waals surface area (Å²) in [5, 5.41) is 9.24. The zero-order chi connectivity index (χ0) is 19.2. The van der Waals surface area contributed by atoms with Crippen LogP contribution < -0.4 is 0 Å². The van der Waals surface area contributed by atoms with E-state index in [9.17, 15) is 5.26 Å². The minimum absolute atomic E-state index is 0.115. The third-order valence-electron chi connectivity index (χ3n) is 4.75. The van der Waals surface area contributed by atoms with Gasteiger partial charge in [0.2, 0.25) is 0 Å². The second-order valence-corrected chi connectivity index (χ2v) is 6.53. The summed E-state index contributed by atoms with van der Waals surface area (Å²) in [6, 6.07) is 21.9. The van der Waals surface area contributed by atoms with Crippen molar-refractivity contribution in [3.8, 4) is 17.3 Å². The molecular weight excluding hydrogens is 344 g/mol. The van der Waals surface area contributed by atoms with Gasteiger partial charge in [-0.15, -0.1) is 0 Å². The molecular formula is C24H18N4. The number of aromatic nitrogens is 3. The Kier molecular flexibility index (Phi) is 5.17. The Morgan fingerprint density at radius 1 is 0.821 bits per heavy atom. The Labute approximate surface area is 164 Å². The van der Waals surface area contributed by atoms with Crippen molar-refractivity contribution in [3.63, 3.8) is 0 Å². The average molecular weight is 362 g/mol. The van der Waals surface area contributed by atoms with Gasteiger partial charge in [-0.1, -0.05) is 30.3 Å². The Bertz CT molecular complexity index is 1060. The Hall–Kier alpha value is -3.84. The Morgan fingerprint density at radius 2 is 1.54 bits per heavy atom. The van der Waals surface area contributed by atoms with Crippen LogP contribution in [0.25, 0.3) is 11.3 Å². The highest BCUT2D eigenvalue weighted by Crippen LogP contribution is 2.31. The maximum atomic E-state index is 9.24. The van der Waals surface area contributed by atoms with Crippen molar-refractivity contribution in [2.75, 3.05) is 0 Å². The highest BCUT2D eigenvalue weighted by Gasteiger charge is 2.18. The molecule has 0 amide bonds. The second kappa shape index (κ2) is 8.24. The fourth-order valence-electron chi connectivity index (χ4n) is 3.41. The number of nitrogens with zero attached hydrogens (tertiary/aromatic N) is 4. The molecule has 0 radical (unpaired) electrons. The number of nitriles is 1. The van der Waals surface area contributed by atoms with E-state index in [-0.39, 0.29) is 5.92 Å². The maximum absolute atomic E-state index is 9.24. The third-order valence-corrected chi connectivity index (χ3v) is 4.75. The molecule has 4 aromatic rings. The third kappa shape index (κ3) is 3.79. The van der Waals surface area contributed by atoms with Gasteiger partial charge in [0.25, 0.3) is 0 Å². The SMILES string of the molecule is N#Cc1cccc(-c2ncccc2CC(c2cccnc2)c2cccnc2)c1. The molecule has 3 aromatic heterocycles. The van der Waals surface area contributed by atoms with E-state index in [1.54, 1.807) is 24.7 Å². The largest absolute Gasteiger partial charge is 0.264 e. The molecule has 0 unspecified atom stereocenters. The molecule has 134 valence electrons.